The topological polar surface area (TPSA) is 106 Å². The number of carbonyl (C=O) groups excluding carboxylic acids is 1. The first-order valence-electron chi connectivity index (χ1n) is 12.0. The number of fused-ring (bicyclic) bond motifs is 3. The molecule has 182 valence electrons. The summed E-state index contributed by atoms with van der Waals surface area (Å²) in [5, 5.41) is 11.8. The van der Waals surface area contributed by atoms with Crippen molar-refractivity contribution in [1.29, 1.82) is 0 Å². The number of carbonyl (C=O) groups is 1. The van der Waals surface area contributed by atoms with Gasteiger partial charge in [-0.2, -0.15) is 5.10 Å². The Hall–Kier alpha value is -4.33. The fourth-order valence-electron chi connectivity index (χ4n) is 4.59. The van der Waals surface area contributed by atoms with Gasteiger partial charge in [0.1, 0.15) is 5.52 Å². The van der Waals surface area contributed by atoms with Crippen molar-refractivity contribution in [2.24, 2.45) is 0 Å². The molecular weight excluding hydrogens is 452 g/mol. The first-order valence-corrected chi connectivity index (χ1v) is 12.0. The molecule has 0 fully saturated rings. The molecule has 0 aliphatic rings. The van der Waals surface area contributed by atoms with Crippen LogP contribution < -0.4 is 10.9 Å². The molecule has 4 heterocycles. The summed E-state index contributed by atoms with van der Waals surface area (Å²) in [5.41, 5.74) is 4.22. The van der Waals surface area contributed by atoms with E-state index in [1.165, 1.54) is 0 Å². The van der Waals surface area contributed by atoms with Gasteiger partial charge < -0.3 is 9.88 Å². The number of hydrogen-bond donors (Lipinski definition) is 2. The molecule has 8 heteroatoms. The van der Waals surface area contributed by atoms with E-state index >= 15 is 0 Å². The van der Waals surface area contributed by atoms with Gasteiger partial charge in [0, 0.05) is 47.5 Å². The molecule has 2 N–H and O–H groups in total. The Bertz CT molecular complexity index is 1600. The fraction of sp³-hybridized carbons (Fsp3) is 0.250. The summed E-state index contributed by atoms with van der Waals surface area (Å²) in [7, 11) is 0. The van der Waals surface area contributed by atoms with Crippen LogP contribution in [0.1, 0.15) is 47.6 Å². The van der Waals surface area contributed by atoms with E-state index in [4.69, 9.17) is 4.98 Å². The lowest BCUT2D eigenvalue weighted by molar-refractivity contribution is 0.0952. The minimum Gasteiger partial charge on any atom is -0.352 e. The average molecular weight is 481 g/mol. The Kier molecular flexibility index (Phi) is 6.10. The van der Waals surface area contributed by atoms with Crippen LogP contribution in [0.2, 0.25) is 0 Å². The smallest absolute Gasteiger partial charge is 0.262 e. The number of pyridine rings is 3. The number of aryl methyl sites for hydroxylation is 2. The number of aromatic nitrogens is 5. The van der Waals surface area contributed by atoms with Crippen molar-refractivity contribution in [3.8, 4) is 0 Å². The van der Waals surface area contributed by atoms with Crippen molar-refractivity contribution in [3.05, 3.63) is 100.0 Å². The normalized spacial score (nSPS) is 11.8. The van der Waals surface area contributed by atoms with Gasteiger partial charge in [0.25, 0.3) is 11.5 Å². The van der Waals surface area contributed by atoms with E-state index in [-0.39, 0.29) is 16.9 Å². The van der Waals surface area contributed by atoms with Crippen LogP contribution in [0.15, 0.2) is 71.9 Å². The summed E-state index contributed by atoms with van der Waals surface area (Å²) >= 11 is 0. The average Bonchev–Trinajstić information content (AvgIpc) is 3.30. The van der Waals surface area contributed by atoms with Crippen LogP contribution in [0.3, 0.4) is 0 Å². The molecule has 0 unspecified atom stereocenters. The monoisotopic (exact) mass is 480 g/mol. The first-order chi connectivity index (χ1) is 17.4. The number of H-pyrrole nitrogens is 1. The van der Waals surface area contributed by atoms with Gasteiger partial charge in [-0.15, -0.1) is 0 Å². The van der Waals surface area contributed by atoms with Crippen LogP contribution >= 0.6 is 0 Å². The Labute approximate surface area is 208 Å². The molecule has 0 aliphatic carbocycles. The van der Waals surface area contributed by atoms with Gasteiger partial charge in [-0.25, -0.2) is 0 Å². The number of hydrogen-bond acceptors (Lipinski definition) is 5. The number of amides is 1. The minimum atomic E-state index is -0.364. The molecule has 0 saturated carbocycles. The Morgan fingerprint density at radius 3 is 2.61 bits per heavy atom. The summed E-state index contributed by atoms with van der Waals surface area (Å²) in [6.45, 7) is 6.99. The van der Waals surface area contributed by atoms with Gasteiger partial charge in [0.15, 0.2) is 0 Å². The van der Waals surface area contributed by atoms with Gasteiger partial charge in [-0.1, -0.05) is 32.0 Å². The fourth-order valence-corrected chi connectivity index (χ4v) is 4.59. The second-order valence-electron chi connectivity index (χ2n) is 9.45. The zero-order valence-corrected chi connectivity index (χ0v) is 20.6. The summed E-state index contributed by atoms with van der Waals surface area (Å²) in [6, 6.07) is 15.1. The summed E-state index contributed by atoms with van der Waals surface area (Å²) in [6.07, 6.45) is 5.92. The largest absolute Gasteiger partial charge is 0.352 e. The Morgan fingerprint density at radius 2 is 1.86 bits per heavy atom. The van der Waals surface area contributed by atoms with E-state index in [0.717, 1.165) is 27.9 Å². The maximum Gasteiger partial charge on any atom is 0.262 e. The highest BCUT2D eigenvalue weighted by atomic mass is 16.1. The van der Waals surface area contributed by atoms with Crippen LogP contribution in [0.5, 0.6) is 0 Å². The van der Waals surface area contributed by atoms with E-state index in [1.807, 2.05) is 43.3 Å². The van der Waals surface area contributed by atoms with E-state index < -0.39 is 0 Å². The third kappa shape index (κ3) is 4.15. The van der Waals surface area contributed by atoms with Crippen LogP contribution in [-0.2, 0) is 12.0 Å². The molecule has 0 radical (unpaired) electrons. The maximum atomic E-state index is 13.5. The second kappa shape index (κ2) is 9.37. The highest BCUT2D eigenvalue weighted by Gasteiger charge is 2.26. The second-order valence-corrected chi connectivity index (χ2v) is 9.45. The first kappa shape index (κ1) is 23.4. The zero-order valence-electron chi connectivity index (χ0n) is 20.6. The summed E-state index contributed by atoms with van der Waals surface area (Å²) in [5.74, 6) is -0.126. The van der Waals surface area contributed by atoms with E-state index in [2.05, 4.69) is 34.3 Å². The Morgan fingerprint density at radius 1 is 1.11 bits per heavy atom. The lowest BCUT2D eigenvalue weighted by atomic mass is 9.81. The third-order valence-electron chi connectivity index (χ3n) is 6.76. The van der Waals surface area contributed by atoms with Crippen molar-refractivity contribution >= 4 is 27.7 Å². The van der Waals surface area contributed by atoms with E-state index in [9.17, 15) is 9.59 Å². The molecule has 1 aromatic carbocycles. The van der Waals surface area contributed by atoms with Crippen LogP contribution in [0.25, 0.3) is 21.8 Å². The van der Waals surface area contributed by atoms with Crippen LogP contribution in [0.4, 0.5) is 0 Å². The van der Waals surface area contributed by atoms with Gasteiger partial charge in [0.2, 0.25) is 0 Å². The zero-order chi connectivity index (χ0) is 25.3. The molecule has 5 rings (SSSR count). The van der Waals surface area contributed by atoms with Crippen molar-refractivity contribution in [3.63, 3.8) is 0 Å². The highest BCUT2D eigenvalue weighted by Crippen LogP contribution is 2.32. The van der Waals surface area contributed by atoms with Gasteiger partial charge in [-0.05, 0) is 49.2 Å². The Balaban J connectivity index is 1.49. The molecule has 5 aromatic rings. The molecule has 0 bridgehead atoms. The molecule has 8 nitrogen and oxygen atoms in total. The number of nitrogens with one attached hydrogen (secondary N) is 2. The lowest BCUT2D eigenvalue weighted by Gasteiger charge is -2.25. The highest BCUT2D eigenvalue weighted by molar-refractivity contribution is 6.04. The van der Waals surface area contributed by atoms with Crippen molar-refractivity contribution in [2.75, 3.05) is 6.54 Å². The van der Waals surface area contributed by atoms with Crippen LogP contribution in [0, 0.1) is 6.92 Å². The van der Waals surface area contributed by atoms with Crippen molar-refractivity contribution in [2.45, 2.75) is 39.2 Å². The van der Waals surface area contributed by atoms with Crippen molar-refractivity contribution < 1.29 is 4.79 Å². The lowest BCUT2D eigenvalue weighted by Crippen LogP contribution is -2.27. The molecular formula is C28H28N6O2. The molecule has 1 amide bonds. The van der Waals surface area contributed by atoms with Gasteiger partial charge in [-0.3, -0.25) is 24.7 Å². The van der Waals surface area contributed by atoms with Crippen molar-refractivity contribution in [1.82, 2.24) is 30.0 Å². The maximum absolute atomic E-state index is 13.5. The van der Waals surface area contributed by atoms with Gasteiger partial charge >= 0.3 is 0 Å². The molecule has 0 atom stereocenters. The molecule has 0 saturated heterocycles. The molecule has 0 spiro atoms. The minimum absolute atomic E-state index is 0.110. The molecule has 36 heavy (non-hydrogen) atoms. The predicted molar refractivity (Wildman–Crippen MR) is 140 cm³/mol. The number of benzene rings is 1. The van der Waals surface area contributed by atoms with Gasteiger partial charge in [0.05, 0.1) is 22.8 Å². The third-order valence-corrected chi connectivity index (χ3v) is 6.76. The standard InChI is InChI=1S/C28H28N6O2/c1-18-24-25(33-32-18)21-16-23(28(2,3)20-10-13-29-14-11-20)31-17-22(21)34(27(24)36)15-7-12-30-26(35)19-8-5-4-6-9-19/h4-6,8-11,13-14,16-17H,7,12,15H2,1-3H3,(H,30,35)(H,32,33). The summed E-state index contributed by atoms with van der Waals surface area (Å²) in [4.78, 5) is 34.7. The predicted octanol–water partition coefficient (Wildman–Crippen LogP) is 4.12. The van der Waals surface area contributed by atoms with Crippen LogP contribution in [-0.4, -0.2) is 37.2 Å². The molecule has 0 aliphatic heterocycles. The number of nitrogens with zero attached hydrogens (tertiary/aromatic N) is 4. The number of aromatic amines is 1. The number of rotatable bonds is 7. The molecule has 4 aromatic heterocycles. The van der Waals surface area contributed by atoms with E-state index in [1.54, 1.807) is 35.3 Å². The van der Waals surface area contributed by atoms with E-state index in [0.29, 0.717) is 36.0 Å². The summed E-state index contributed by atoms with van der Waals surface area (Å²) < 4.78 is 1.74. The quantitative estimate of drug-likeness (QED) is 0.341. The SMILES string of the molecule is Cc1[nH]nc2c1c(=O)n(CCCNC(=O)c1ccccc1)c1cnc(C(C)(C)c3ccncc3)cc21.